The smallest absolute Gasteiger partial charge is 0.305 e. The lowest BCUT2D eigenvalue weighted by Crippen LogP contribution is -2.33. The molecule has 1 aliphatic heterocycles. The lowest BCUT2D eigenvalue weighted by Gasteiger charge is -2.24. The van der Waals surface area contributed by atoms with Gasteiger partial charge in [-0.05, 0) is 43.5 Å². The van der Waals surface area contributed by atoms with E-state index in [4.69, 9.17) is 9.47 Å². The number of hydrogen-bond acceptors (Lipinski definition) is 5. The fraction of sp³-hybridized carbons (Fsp3) is 0.333. The van der Waals surface area contributed by atoms with Crippen molar-refractivity contribution < 1.29 is 23.3 Å². The summed E-state index contributed by atoms with van der Waals surface area (Å²) in [5.41, 5.74) is 0. The lowest BCUT2D eigenvalue weighted by molar-refractivity contribution is -0.180. The first kappa shape index (κ1) is 18.3. The summed E-state index contributed by atoms with van der Waals surface area (Å²) in [5.74, 6) is -0.584. The number of unbranched alkanes of at least 4 members (excludes halogenated alkanes) is 1. The van der Waals surface area contributed by atoms with E-state index in [-0.39, 0.29) is 5.78 Å². The fourth-order valence-corrected chi connectivity index (χ4v) is 3.10. The predicted octanol–water partition coefficient (Wildman–Crippen LogP) is 2.89. The van der Waals surface area contributed by atoms with Gasteiger partial charge in [0, 0.05) is 17.2 Å². The molecule has 6 heteroatoms. The van der Waals surface area contributed by atoms with Gasteiger partial charge >= 0.3 is 5.97 Å². The minimum Gasteiger partial charge on any atom is -0.432 e. The Labute approximate surface area is 143 Å². The molecule has 128 valence electrons. The Morgan fingerprint density at radius 1 is 1.33 bits per heavy atom. The van der Waals surface area contributed by atoms with Crippen LogP contribution in [0.15, 0.2) is 58.9 Å². The maximum atomic E-state index is 12.0. The number of ether oxygens (including phenoxy) is 2. The number of rotatable bonds is 7. The van der Waals surface area contributed by atoms with Crippen molar-refractivity contribution in [1.29, 1.82) is 0 Å². The molecule has 3 atom stereocenters. The number of allylic oxidation sites excluding steroid dienone is 1. The van der Waals surface area contributed by atoms with Crippen molar-refractivity contribution in [2.75, 3.05) is 0 Å². The van der Waals surface area contributed by atoms with E-state index >= 15 is 0 Å². The maximum absolute atomic E-state index is 12.0. The Bertz CT molecular complexity index is 651. The zero-order valence-corrected chi connectivity index (χ0v) is 14.2. The van der Waals surface area contributed by atoms with Crippen molar-refractivity contribution in [3.63, 3.8) is 0 Å². The molecule has 0 amide bonds. The van der Waals surface area contributed by atoms with Crippen molar-refractivity contribution in [3.05, 3.63) is 54.0 Å². The van der Waals surface area contributed by atoms with Crippen LogP contribution in [0, 0.1) is 0 Å². The fourth-order valence-electron chi connectivity index (χ4n) is 2.21. The van der Waals surface area contributed by atoms with Crippen molar-refractivity contribution in [3.8, 4) is 0 Å². The van der Waals surface area contributed by atoms with E-state index in [9.17, 15) is 13.8 Å². The van der Waals surface area contributed by atoms with Crippen LogP contribution in [0.2, 0.25) is 0 Å². The molecule has 3 unspecified atom stereocenters. The van der Waals surface area contributed by atoms with Gasteiger partial charge in [-0.3, -0.25) is 9.59 Å². The first-order valence-corrected chi connectivity index (χ1v) is 8.94. The molecule has 0 saturated carbocycles. The molecule has 1 heterocycles. The third kappa shape index (κ3) is 5.86. The third-order valence-corrected chi connectivity index (χ3v) is 4.52. The van der Waals surface area contributed by atoms with Gasteiger partial charge in [0.1, 0.15) is 6.10 Å². The molecule has 0 aromatic heterocycles. The van der Waals surface area contributed by atoms with Crippen molar-refractivity contribution in [1.82, 2.24) is 0 Å². The molecular weight excluding hydrogens is 328 g/mol. The highest BCUT2D eigenvalue weighted by Crippen LogP contribution is 2.16. The third-order valence-electron chi connectivity index (χ3n) is 3.35. The van der Waals surface area contributed by atoms with Crippen LogP contribution in [0.3, 0.4) is 0 Å². The molecule has 2 rings (SSSR count). The molecule has 5 nitrogen and oxygen atoms in total. The van der Waals surface area contributed by atoms with Crippen LogP contribution >= 0.6 is 0 Å². The van der Waals surface area contributed by atoms with Crippen LogP contribution in [0.4, 0.5) is 0 Å². The van der Waals surface area contributed by atoms with E-state index in [2.05, 4.69) is 0 Å². The SMILES string of the molecule is CC(=O)OC1C=CC(=O)C(CCC/C=C/S(=O)c2ccccc2)O1. The Hall–Kier alpha value is -2.05. The van der Waals surface area contributed by atoms with Crippen LogP contribution in [0.25, 0.3) is 0 Å². The minimum absolute atomic E-state index is 0.129. The molecule has 1 aliphatic rings. The molecule has 1 aromatic rings. The molecule has 0 radical (unpaired) electrons. The molecule has 24 heavy (non-hydrogen) atoms. The summed E-state index contributed by atoms with van der Waals surface area (Å²) < 4.78 is 22.4. The number of ketones is 1. The molecule has 1 aromatic carbocycles. The van der Waals surface area contributed by atoms with Crippen molar-refractivity contribution in [2.24, 2.45) is 0 Å². The normalized spacial score (nSPS) is 21.8. The van der Waals surface area contributed by atoms with Gasteiger partial charge < -0.3 is 9.47 Å². The summed E-state index contributed by atoms with van der Waals surface area (Å²) in [6, 6.07) is 9.20. The van der Waals surface area contributed by atoms with Crippen molar-refractivity contribution in [2.45, 2.75) is 43.5 Å². The predicted molar refractivity (Wildman–Crippen MR) is 90.4 cm³/mol. The van der Waals surface area contributed by atoms with E-state index < -0.39 is 29.2 Å². The zero-order valence-electron chi connectivity index (χ0n) is 13.4. The maximum Gasteiger partial charge on any atom is 0.305 e. The minimum atomic E-state index is -1.16. The van der Waals surface area contributed by atoms with Gasteiger partial charge in [-0.2, -0.15) is 0 Å². The quantitative estimate of drug-likeness (QED) is 0.560. The lowest BCUT2D eigenvalue weighted by atomic mass is 10.1. The van der Waals surface area contributed by atoms with Gasteiger partial charge in [0.25, 0.3) is 0 Å². The summed E-state index contributed by atoms with van der Waals surface area (Å²) in [7, 11) is -1.16. The van der Waals surface area contributed by atoms with E-state index in [0.717, 1.165) is 4.90 Å². The largest absolute Gasteiger partial charge is 0.432 e. The van der Waals surface area contributed by atoms with Crippen LogP contribution in [-0.4, -0.2) is 28.4 Å². The van der Waals surface area contributed by atoms with Crippen molar-refractivity contribution >= 4 is 22.6 Å². The molecule has 0 fully saturated rings. The van der Waals surface area contributed by atoms with E-state index in [1.807, 2.05) is 36.4 Å². The molecular formula is C18H20O5S. The number of carbonyl (C=O) groups excluding carboxylic acids is 2. The van der Waals surface area contributed by atoms with Crippen LogP contribution in [-0.2, 0) is 29.9 Å². The van der Waals surface area contributed by atoms with Crippen LogP contribution in [0.5, 0.6) is 0 Å². The second-order valence-electron chi connectivity index (χ2n) is 5.28. The Kier molecular flexibility index (Phi) is 7.08. The highest BCUT2D eigenvalue weighted by Gasteiger charge is 2.26. The zero-order chi connectivity index (χ0) is 17.4. The Morgan fingerprint density at radius 2 is 2.08 bits per heavy atom. The molecule has 0 aliphatic carbocycles. The van der Waals surface area contributed by atoms with Crippen LogP contribution in [0.1, 0.15) is 26.2 Å². The standard InChI is InChI=1S/C18H20O5S/c1-14(19)22-18-12-11-16(20)17(23-18)10-6-3-7-13-24(21)15-8-4-2-5-9-15/h2,4-5,7-9,11-13,17-18H,3,6,10H2,1H3/b13-7+. The number of esters is 1. The Morgan fingerprint density at radius 3 is 2.79 bits per heavy atom. The summed E-state index contributed by atoms with van der Waals surface area (Å²) in [5, 5.41) is 1.65. The molecule has 0 bridgehead atoms. The second-order valence-corrected chi connectivity index (χ2v) is 6.62. The first-order chi connectivity index (χ1) is 11.6. The van der Waals surface area contributed by atoms with Gasteiger partial charge in [-0.1, -0.05) is 24.3 Å². The summed E-state index contributed by atoms with van der Waals surface area (Å²) >= 11 is 0. The first-order valence-electron chi connectivity index (χ1n) is 7.73. The van der Waals surface area contributed by atoms with Crippen LogP contribution < -0.4 is 0 Å². The summed E-state index contributed by atoms with van der Waals surface area (Å²) in [6.07, 6.45) is 5.18. The van der Waals surface area contributed by atoms with Gasteiger partial charge in [0.05, 0.1) is 10.8 Å². The Balaban J connectivity index is 1.74. The second kappa shape index (κ2) is 9.30. The average Bonchev–Trinajstić information content (AvgIpc) is 2.57. The summed E-state index contributed by atoms with van der Waals surface area (Å²) in [4.78, 5) is 23.4. The van der Waals surface area contributed by atoms with Gasteiger partial charge in [0.2, 0.25) is 6.29 Å². The van der Waals surface area contributed by atoms with Gasteiger partial charge in [-0.25, -0.2) is 4.21 Å². The monoisotopic (exact) mass is 348 g/mol. The highest BCUT2D eigenvalue weighted by molar-refractivity contribution is 7.88. The van der Waals surface area contributed by atoms with Gasteiger partial charge in [0.15, 0.2) is 5.78 Å². The molecule has 0 N–H and O–H groups in total. The van der Waals surface area contributed by atoms with E-state index in [1.165, 1.54) is 19.1 Å². The average molecular weight is 348 g/mol. The van der Waals surface area contributed by atoms with E-state index in [0.29, 0.717) is 19.3 Å². The number of benzene rings is 1. The van der Waals surface area contributed by atoms with E-state index in [1.54, 1.807) is 5.41 Å². The molecule has 0 spiro atoms. The number of hydrogen-bond donors (Lipinski definition) is 0. The highest BCUT2D eigenvalue weighted by atomic mass is 32.2. The topological polar surface area (TPSA) is 69.7 Å². The number of carbonyl (C=O) groups is 2. The summed E-state index contributed by atoms with van der Waals surface area (Å²) in [6.45, 7) is 1.29. The van der Waals surface area contributed by atoms with Gasteiger partial charge in [-0.15, -0.1) is 0 Å². The molecule has 0 saturated heterocycles.